The summed E-state index contributed by atoms with van der Waals surface area (Å²) < 4.78 is 18.9. The van der Waals surface area contributed by atoms with E-state index in [-0.39, 0.29) is 32.8 Å². The lowest BCUT2D eigenvalue weighted by molar-refractivity contribution is 0.0602. The van der Waals surface area contributed by atoms with Crippen LogP contribution in [0.1, 0.15) is 20.8 Å². The molecule has 0 saturated heterocycles. The molecule has 0 radical (unpaired) electrons. The maximum Gasteiger partial charge on any atom is 0.340 e. The van der Waals surface area contributed by atoms with Crippen molar-refractivity contribution in [2.24, 2.45) is 0 Å². The van der Waals surface area contributed by atoms with Crippen LogP contribution in [0.5, 0.6) is 0 Å². The first-order valence-corrected chi connectivity index (χ1v) is 8.07. The molecule has 1 N–H and O–H groups in total. The van der Waals surface area contributed by atoms with Crippen molar-refractivity contribution in [3.63, 3.8) is 0 Å². The SMILES string of the molecule is COC(=O)c1cc(Cl)c(Cl)cc1NC(=O)c1ccc(-n2cnc(F)c2)nn1. The van der Waals surface area contributed by atoms with Gasteiger partial charge in [0.2, 0.25) is 5.95 Å². The van der Waals surface area contributed by atoms with E-state index in [1.54, 1.807) is 0 Å². The van der Waals surface area contributed by atoms with Gasteiger partial charge < -0.3 is 10.1 Å². The van der Waals surface area contributed by atoms with Gasteiger partial charge >= 0.3 is 5.97 Å². The number of rotatable bonds is 4. The number of benzene rings is 1. The second kappa shape index (κ2) is 7.68. The van der Waals surface area contributed by atoms with Crippen LogP contribution in [0, 0.1) is 5.95 Å². The molecule has 2 aromatic heterocycles. The summed E-state index contributed by atoms with van der Waals surface area (Å²) in [6.07, 6.45) is 2.33. The Kier molecular flexibility index (Phi) is 5.33. The number of nitrogens with zero attached hydrogens (tertiary/aromatic N) is 4. The summed E-state index contributed by atoms with van der Waals surface area (Å²) in [6, 6.07) is 5.45. The van der Waals surface area contributed by atoms with E-state index in [4.69, 9.17) is 23.2 Å². The maximum atomic E-state index is 13.0. The lowest BCUT2D eigenvalue weighted by atomic mass is 10.1. The Balaban J connectivity index is 1.85. The Morgan fingerprint density at radius 2 is 1.93 bits per heavy atom. The summed E-state index contributed by atoms with van der Waals surface area (Å²) >= 11 is 11.9. The zero-order valence-electron chi connectivity index (χ0n) is 13.6. The van der Waals surface area contributed by atoms with Gasteiger partial charge in [-0.1, -0.05) is 23.2 Å². The first-order valence-electron chi connectivity index (χ1n) is 7.31. The Bertz CT molecular complexity index is 1020. The van der Waals surface area contributed by atoms with E-state index in [0.29, 0.717) is 0 Å². The number of imidazole rings is 1. The molecular weight excluding hydrogens is 400 g/mol. The highest BCUT2D eigenvalue weighted by molar-refractivity contribution is 6.42. The van der Waals surface area contributed by atoms with Crippen molar-refractivity contribution in [2.45, 2.75) is 0 Å². The van der Waals surface area contributed by atoms with E-state index in [0.717, 1.165) is 6.20 Å². The number of hydrogen-bond acceptors (Lipinski definition) is 6. The summed E-state index contributed by atoms with van der Waals surface area (Å²) in [5.74, 6) is -1.75. The molecule has 0 saturated carbocycles. The molecule has 1 amide bonds. The molecule has 27 heavy (non-hydrogen) atoms. The molecule has 0 aliphatic rings. The Morgan fingerprint density at radius 1 is 1.19 bits per heavy atom. The summed E-state index contributed by atoms with van der Waals surface area (Å²) in [5.41, 5.74) is 0.0868. The number of nitrogens with one attached hydrogen (secondary N) is 1. The molecule has 1 aromatic carbocycles. The van der Waals surface area contributed by atoms with Gasteiger partial charge in [-0.15, -0.1) is 10.2 Å². The maximum absolute atomic E-state index is 13.0. The van der Waals surface area contributed by atoms with Gasteiger partial charge in [0.1, 0.15) is 6.33 Å². The molecule has 0 aliphatic carbocycles. The van der Waals surface area contributed by atoms with E-state index < -0.39 is 17.8 Å². The van der Waals surface area contributed by atoms with Gasteiger partial charge in [-0.2, -0.15) is 4.39 Å². The van der Waals surface area contributed by atoms with Gasteiger partial charge in [-0.25, -0.2) is 9.78 Å². The van der Waals surface area contributed by atoms with Crippen molar-refractivity contribution in [1.82, 2.24) is 19.7 Å². The van der Waals surface area contributed by atoms with Crippen molar-refractivity contribution < 1.29 is 18.7 Å². The first kappa shape index (κ1) is 18.7. The lowest BCUT2D eigenvalue weighted by Crippen LogP contribution is -2.17. The molecule has 8 nitrogen and oxygen atoms in total. The third-order valence-electron chi connectivity index (χ3n) is 3.41. The van der Waals surface area contributed by atoms with Gasteiger partial charge in [0.05, 0.1) is 34.6 Å². The first-order chi connectivity index (χ1) is 12.9. The van der Waals surface area contributed by atoms with E-state index in [1.165, 1.54) is 42.3 Å². The van der Waals surface area contributed by atoms with Gasteiger partial charge in [-0.05, 0) is 24.3 Å². The van der Waals surface area contributed by atoms with E-state index >= 15 is 0 Å². The Labute approximate surface area is 161 Å². The number of amides is 1. The molecule has 0 atom stereocenters. The third-order valence-corrected chi connectivity index (χ3v) is 4.13. The van der Waals surface area contributed by atoms with Crippen molar-refractivity contribution in [1.29, 1.82) is 0 Å². The van der Waals surface area contributed by atoms with Crippen LogP contribution in [0.2, 0.25) is 10.0 Å². The van der Waals surface area contributed by atoms with Crippen LogP contribution in [0.4, 0.5) is 10.1 Å². The van der Waals surface area contributed by atoms with E-state index in [9.17, 15) is 14.0 Å². The number of methoxy groups -OCH3 is 1. The second-order valence-electron chi connectivity index (χ2n) is 5.14. The Hall–Kier alpha value is -3.04. The third kappa shape index (κ3) is 4.04. The average Bonchev–Trinajstić information content (AvgIpc) is 3.10. The molecule has 138 valence electrons. The molecule has 0 bridgehead atoms. The molecule has 0 unspecified atom stereocenters. The molecule has 3 aromatic rings. The summed E-state index contributed by atoms with van der Waals surface area (Å²) in [6.45, 7) is 0. The van der Waals surface area contributed by atoms with E-state index in [1.807, 2.05) is 0 Å². The highest BCUT2D eigenvalue weighted by Crippen LogP contribution is 2.30. The van der Waals surface area contributed by atoms with Crippen LogP contribution in [0.3, 0.4) is 0 Å². The van der Waals surface area contributed by atoms with Gasteiger partial charge in [0, 0.05) is 0 Å². The molecule has 0 aliphatic heterocycles. The van der Waals surface area contributed by atoms with Gasteiger partial charge in [0.15, 0.2) is 11.5 Å². The zero-order chi connectivity index (χ0) is 19.6. The predicted octanol–water partition coefficient (Wildman–Crippen LogP) is 3.15. The normalized spacial score (nSPS) is 10.5. The van der Waals surface area contributed by atoms with Crippen LogP contribution >= 0.6 is 23.2 Å². The van der Waals surface area contributed by atoms with Crippen LogP contribution < -0.4 is 5.32 Å². The minimum Gasteiger partial charge on any atom is -0.465 e. The number of esters is 1. The summed E-state index contributed by atoms with van der Waals surface area (Å²) in [5, 5.41) is 10.4. The van der Waals surface area contributed by atoms with Gasteiger partial charge in [0.25, 0.3) is 5.91 Å². The highest BCUT2D eigenvalue weighted by Gasteiger charge is 2.18. The van der Waals surface area contributed by atoms with E-state index in [2.05, 4.69) is 25.2 Å². The topological polar surface area (TPSA) is 99.0 Å². The molecule has 3 rings (SSSR count). The smallest absolute Gasteiger partial charge is 0.340 e. The fraction of sp³-hybridized carbons (Fsp3) is 0.0625. The number of hydrogen-bond donors (Lipinski definition) is 1. The fourth-order valence-corrected chi connectivity index (χ4v) is 2.45. The average molecular weight is 410 g/mol. The molecular formula is C16H10Cl2FN5O3. The second-order valence-corrected chi connectivity index (χ2v) is 5.95. The standard InChI is InChI=1S/C16H10Cl2FN5O3/c1-27-16(26)8-4-9(17)10(18)5-12(8)21-15(25)11-2-3-14(23-22-11)24-6-13(19)20-7-24/h2-7H,1H3,(H,21,25). The molecule has 0 spiro atoms. The Morgan fingerprint density at radius 3 is 2.52 bits per heavy atom. The van der Waals surface area contributed by atoms with Crippen molar-refractivity contribution in [2.75, 3.05) is 12.4 Å². The number of aromatic nitrogens is 4. The minimum absolute atomic E-state index is 0.0266. The minimum atomic E-state index is -0.701. The van der Waals surface area contributed by atoms with Crippen LogP contribution in [-0.4, -0.2) is 38.7 Å². The van der Waals surface area contributed by atoms with Crippen LogP contribution in [0.25, 0.3) is 5.82 Å². The number of anilines is 1. The fourth-order valence-electron chi connectivity index (χ4n) is 2.12. The molecule has 11 heteroatoms. The van der Waals surface area contributed by atoms with Gasteiger partial charge in [-0.3, -0.25) is 9.36 Å². The van der Waals surface area contributed by atoms with Crippen molar-refractivity contribution in [3.05, 3.63) is 64.0 Å². The summed E-state index contributed by atoms with van der Waals surface area (Å²) in [4.78, 5) is 27.7. The van der Waals surface area contributed by atoms with Crippen molar-refractivity contribution in [3.8, 4) is 5.82 Å². The number of ether oxygens (including phenoxy) is 1. The van der Waals surface area contributed by atoms with Crippen LogP contribution in [0.15, 0.2) is 36.8 Å². The number of carbonyl (C=O) groups excluding carboxylic acids is 2. The largest absolute Gasteiger partial charge is 0.465 e. The lowest BCUT2D eigenvalue weighted by Gasteiger charge is -2.11. The molecule has 2 heterocycles. The predicted molar refractivity (Wildman–Crippen MR) is 94.9 cm³/mol. The zero-order valence-corrected chi connectivity index (χ0v) is 15.1. The summed E-state index contributed by atoms with van der Waals surface area (Å²) in [7, 11) is 1.19. The molecule has 0 fully saturated rings. The van der Waals surface area contributed by atoms with Crippen molar-refractivity contribution >= 4 is 40.8 Å². The monoisotopic (exact) mass is 409 g/mol. The van der Waals surface area contributed by atoms with Crippen LogP contribution in [-0.2, 0) is 4.74 Å². The number of halogens is 3. The number of carbonyl (C=O) groups is 2. The highest BCUT2D eigenvalue weighted by atomic mass is 35.5. The quantitative estimate of drug-likeness (QED) is 0.664.